The number of pyridine rings is 1. The summed E-state index contributed by atoms with van der Waals surface area (Å²) in [6.45, 7) is 6.58. The molecule has 4 heterocycles. The Hall–Kier alpha value is -4.23. The van der Waals surface area contributed by atoms with E-state index < -0.39 is 5.41 Å². The zero-order valence-electron chi connectivity index (χ0n) is 19.9. The molecule has 3 aromatic heterocycles. The maximum absolute atomic E-state index is 13.8. The number of H-pyrrole nitrogens is 1. The number of hydrogen-bond donors (Lipinski definition) is 2. The summed E-state index contributed by atoms with van der Waals surface area (Å²) in [5, 5.41) is 10.0. The van der Waals surface area contributed by atoms with E-state index in [1.54, 1.807) is 29.8 Å². The topological polar surface area (TPSA) is 87.9 Å². The summed E-state index contributed by atoms with van der Waals surface area (Å²) in [5.74, 6) is 0.546. The summed E-state index contributed by atoms with van der Waals surface area (Å²) in [4.78, 5) is 20.1. The molecule has 0 aliphatic carbocycles. The smallest absolute Gasteiger partial charge is 0.241 e. The average Bonchev–Trinajstić information content (AvgIpc) is 3.68. The van der Waals surface area contributed by atoms with Gasteiger partial charge in [0.15, 0.2) is 0 Å². The SMILES string of the molecule is C=CC(C)(C(=O)N1CCc2cc(-c3csc4c(-c5cn[nH]c5)cnc(N)c34)ccc21)c1ccccc1. The minimum absolute atomic E-state index is 0.0365. The molecule has 6 rings (SSSR count). The molecule has 3 N–H and O–H groups in total. The minimum atomic E-state index is -0.797. The van der Waals surface area contributed by atoms with Crippen LogP contribution in [0, 0.1) is 0 Å². The van der Waals surface area contributed by atoms with Crippen LogP contribution in [0.4, 0.5) is 11.5 Å². The number of amides is 1. The van der Waals surface area contributed by atoms with Crippen molar-refractivity contribution in [3.63, 3.8) is 0 Å². The number of thiophene rings is 1. The second kappa shape index (κ2) is 8.46. The van der Waals surface area contributed by atoms with Crippen LogP contribution in [0.3, 0.4) is 0 Å². The van der Waals surface area contributed by atoms with Crippen molar-refractivity contribution in [1.29, 1.82) is 0 Å². The highest BCUT2D eigenvalue weighted by Crippen LogP contribution is 2.43. The lowest BCUT2D eigenvalue weighted by atomic mass is 9.81. The molecule has 6 nitrogen and oxygen atoms in total. The molecule has 0 saturated carbocycles. The van der Waals surface area contributed by atoms with Gasteiger partial charge in [0.05, 0.1) is 11.6 Å². The van der Waals surface area contributed by atoms with E-state index in [1.165, 1.54) is 0 Å². The Morgan fingerprint density at radius 1 is 1.17 bits per heavy atom. The quantitative estimate of drug-likeness (QED) is 0.297. The first-order chi connectivity index (χ1) is 17.5. The van der Waals surface area contributed by atoms with E-state index in [4.69, 9.17) is 5.73 Å². The molecule has 36 heavy (non-hydrogen) atoms. The number of hydrogen-bond acceptors (Lipinski definition) is 5. The molecule has 0 saturated heterocycles. The molecule has 1 atom stereocenters. The first-order valence-corrected chi connectivity index (χ1v) is 12.7. The number of rotatable bonds is 5. The van der Waals surface area contributed by atoms with E-state index >= 15 is 0 Å². The van der Waals surface area contributed by atoms with Gasteiger partial charge >= 0.3 is 0 Å². The van der Waals surface area contributed by atoms with E-state index in [9.17, 15) is 4.79 Å². The first kappa shape index (κ1) is 22.2. The molecule has 1 amide bonds. The number of aromatic nitrogens is 3. The van der Waals surface area contributed by atoms with E-state index in [2.05, 4.69) is 45.3 Å². The summed E-state index contributed by atoms with van der Waals surface area (Å²) in [6.07, 6.45) is 8.01. The lowest BCUT2D eigenvalue weighted by Crippen LogP contribution is -2.43. The Morgan fingerprint density at radius 2 is 2.00 bits per heavy atom. The molecule has 7 heteroatoms. The third-order valence-electron chi connectivity index (χ3n) is 7.19. The number of carbonyl (C=O) groups excluding carboxylic acids is 1. The van der Waals surface area contributed by atoms with Crippen LogP contribution in [0.2, 0.25) is 0 Å². The van der Waals surface area contributed by atoms with Crippen molar-refractivity contribution in [3.8, 4) is 22.3 Å². The number of benzene rings is 2. The highest BCUT2D eigenvalue weighted by atomic mass is 32.1. The molecular formula is C29H25N5OS. The molecular weight excluding hydrogens is 466 g/mol. The second-order valence-corrected chi connectivity index (χ2v) is 10.1. The van der Waals surface area contributed by atoms with Crippen LogP contribution in [0.5, 0.6) is 0 Å². The summed E-state index contributed by atoms with van der Waals surface area (Å²) in [6, 6.07) is 16.1. The van der Waals surface area contributed by atoms with Crippen molar-refractivity contribution in [2.75, 3.05) is 17.2 Å². The van der Waals surface area contributed by atoms with Crippen molar-refractivity contribution in [3.05, 3.63) is 96.3 Å². The van der Waals surface area contributed by atoms with E-state index in [-0.39, 0.29) is 5.91 Å². The minimum Gasteiger partial charge on any atom is -0.383 e. The average molecular weight is 492 g/mol. The van der Waals surface area contributed by atoms with Gasteiger partial charge in [-0.05, 0) is 47.5 Å². The van der Waals surface area contributed by atoms with Crippen molar-refractivity contribution >= 4 is 38.8 Å². The van der Waals surface area contributed by atoms with Crippen LogP contribution in [-0.4, -0.2) is 27.6 Å². The Labute approximate surface area is 213 Å². The lowest BCUT2D eigenvalue weighted by molar-refractivity contribution is -0.121. The number of nitrogen functional groups attached to an aromatic ring is 1. The molecule has 178 valence electrons. The van der Waals surface area contributed by atoms with Crippen LogP contribution in [0.25, 0.3) is 32.3 Å². The van der Waals surface area contributed by atoms with Gasteiger partial charge in [-0.25, -0.2) is 4.98 Å². The van der Waals surface area contributed by atoms with Gasteiger partial charge in [-0.3, -0.25) is 9.89 Å². The van der Waals surface area contributed by atoms with Crippen molar-refractivity contribution < 1.29 is 4.79 Å². The number of carbonyl (C=O) groups is 1. The lowest BCUT2D eigenvalue weighted by Gasteiger charge is -2.31. The van der Waals surface area contributed by atoms with Crippen molar-refractivity contribution in [1.82, 2.24) is 15.2 Å². The van der Waals surface area contributed by atoms with Gasteiger partial charge in [0, 0.05) is 51.4 Å². The highest BCUT2D eigenvalue weighted by Gasteiger charge is 2.38. The van der Waals surface area contributed by atoms with Crippen LogP contribution in [0.15, 0.2) is 85.2 Å². The zero-order chi connectivity index (χ0) is 24.9. The molecule has 2 aromatic carbocycles. The number of anilines is 2. The van der Waals surface area contributed by atoms with E-state index in [0.717, 1.165) is 55.6 Å². The third-order valence-corrected chi connectivity index (χ3v) is 8.20. The summed E-state index contributed by atoms with van der Waals surface area (Å²) < 4.78 is 1.08. The van der Waals surface area contributed by atoms with Gasteiger partial charge in [-0.15, -0.1) is 17.9 Å². The van der Waals surface area contributed by atoms with Gasteiger partial charge in [0.2, 0.25) is 5.91 Å². The molecule has 0 bridgehead atoms. The maximum atomic E-state index is 13.8. The first-order valence-electron chi connectivity index (χ1n) is 11.8. The Kier molecular flexibility index (Phi) is 5.23. The largest absolute Gasteiger partial charge is 0.383 e. The molecule has 0 spiro atoms. The fraction of sp³-hybridized carbons (Fsp3) is 0.138. The summed E-state index contributed by atoms with van der Waals surface area (Å²) in [7, 11) is 0. The van der Waals surface area contributed by atoms with Crippen molar-refractivity contribution in [2.24, 2.45) is 0 Å². The Morgan fingerprint density at radius 3 is 2.75 bits per heavy atom. The van der Waals surface area contributed by atoms with Gasteiger partial charge < -0.3 is 10.6 Å². The molecule has 1 unspecified atom stereocenters. The summed E-state index contributed by atoms with van der Waals surface area (Å²) in [5.41, 5.74) is 12.7. The molecule has 0 radical (unpaired) electrons. The van der Waals surface area contributed by atoms with Gasteiger partial charge in [-0.1, -0.05) is 42.5 Å². The normalized spacial score (nSPS) is 14.5. The monoisotopic (exact) mass is 491 g/mol. The number of aromatic amines is 1. The fourth-order valence-electron chi connectivity index (χ4n) is 5.06. The van der Waals surface area contributed by atoms with Crippen LogP contribution < -0.4 is 10.6 Å². The molecule has 1 aliphatic rings. The highest BCUT2D eigenvalue weighted by molar-refractivity contribution is 7.18. The number of nitrogens with one attached hydrogen (secondary N) is 1. The fourth-order valence-corrected chi connectivity index (χ4v) is 6.18. The predicted octanol–water partition coefficient (Wildman–Crippen LogP) is 5.97. The number of fused-ring (bicyclic) bond motifs is 2. The van der Waals surface area contributed by atoms with E-state index in [1.807, 2.05) is 48.4 Å². The predicted molar refractivity (Wildman–Crippen MR) is 147 cm³/mol. The standard InChI is InChI=1S/C29H25N5OS/c1-3-29(2,21-7-5-4-6-8-21)28(35)34-12-11-19-13-18(9-10-24(19)34)23-17-36-26-22(20-14-32-33-15-20)16-31-27(30)25(23)26/h3-10,13-17H,1,11-12H2,2H3,(H2,30,31)(H,32,33). The molecule has 0 fully saturated rings. The number of nitrogens with two attached hydrogens (primary N) is 1. The zero-order valence-corrected chi connectivity index (χ0v) is 20.7. The van der Waals surface area contributed by atoms with E-state index in [0.29, 0.717) is 12.4 Å². The molecule has 1 aliphatic heterocycles. The van der Waals surface area contributed by atoms with Crippen LogP contribution in [-0.2, 0) is 16.6 Å². The van der Waals surface area contributed by atoms with Gasteiger partial charge in [-0.2, -0.15) is 5.10 Å². The maximum Gasteiger partial charge on any atom is 0.241 e. The van der Waals surface area contributed by atoms with Gasteiger partial charge in [0.25, 0.3) is 0 Å². The van der Waals surface area contributed by atoms with Crippen molar-refractivity contribution in [2.45, 2.75) is 18.8 Å². The third kappa shape index (κ3) is 3.35. The second-order valence-electron chi connectivity index (χ2n) is 9.22. The van der Waals surface area contributed by atoms with Crippen LogP contribution in [0.1, 0.15) is 18.1 Å². The Balaban J connectivity index is 1.38. The van der Waals surface area contributed by atoms with Crippen LogP contribution >= 0.6 is 11.3 Å². The van der Waals surface area contributed by atoms with Gasteiger partial charge in [0.1, 0.15) is 5.82 Å². The number of nitrogens with zero attached hydrogens (tertiary/aromatic N) is 3. The molecule has 5 aromatic rings. The summed E-state index contributed by atoms with van der Waals surface area (Å²) >= 11 is 1.65. The Bertz CT molecular complexity index is 1610.